The van der Waals surface area contributed by atoms with E-state index in [1.165, 1.54) is 33.2 Å². The quantitative estimate of drug-likeness (QED) is 0.574. The van der Waals surface area contributed by atoms with Gasteiger partial charge < -0.3 is 4.74 Å². The fraction of sp³-hybridized carbons (Fsp3) is 0.333. The summed E-state index contributed by atoms with van der Waals surface area (Å²) in [4.78, 5) is 27.0. The van der Waals surface area contributed by atoms with E-state index in [0.29, 0.717) is 4.47 Å². The van der Waals surface area contributed by atoms with Gasteiger partial charge in [0.1, 0.15) is 6.61 Å². The van der Waals surface area contributed by atoms with Crippen LogP contribution in [0.25, 0.3) is 0 Å². The van der Waals surface area contributed by atoms with Crippen molar-refractivity contribution < 1.29 is 27.6 Å². The Hall–Kier alpha value is -1.48. The van der Waals surface area contributed by atoms with Crippen LogP contribution in [0.5, 0.6) is 0 Å². The second-order valence-electron chi connectivity index (χ2n) is 4.02. The number of nitrogens with zero attached hydrogens (tertiary/aromatic N) is 1. The van der Waals surface area contributed by atoms with Gasteiger partial charge >= 0.3 is 5.97 Å². The van der Waals surface area contributed by atoms with Crippen LogP contribution in [0.2, 0.25) is 5.02 Å². The van der Waals surface area contributed by atoms with Gasteiger partial charge in [0.2, 0.25) is 0 Å². The Labute approximate surface area is 127 Å². The highest BCUT2D eigenvalue weighted by Gasteiger charge is 2.23. The predicted molar refractivity (Wildman–Crippen MR) is 74.4 cm³/mol. The van der Waals surface area contributed by atoms with Crippen molar-refractivity contribution >= 4 is 33.4 Å². The number of ether oxygens (including phenoxy) is 1. The molecule has 0 aromatic heterocycles. The third-order valence-electron chi connectivity index (χ3n) is 2.46. The molecule has 9 heteroatoms. The molecule has 0 bridgehead atoms. The van der Waals surface area contributed by atoms with Crippen molar-refractivity contribution in [1.82, 2.24) is 4.47 Å². The Bertz CT molecular complexity index is 658. The fourth-order valence-electron chi connectivity index (χ4n) is 1.31. The van der Waals surface area contributed by atoms with E-state index in [9.17, 15) is 18.0 Å². The zero-order valence-electron chi connectivity index (χ0n) is 11.6. The highest BCUT2D eigenvalue weighted by molar-refractivity contribution is 7.89. The van der Waals surface area contributed by atoms with Gasteiger partial charge in [0.05, 0.1) is 22.6 Å². The average molecular weight is 336 g/mol. The molecule has 1 rings (SSSR count). The number of hydrogen-bond acceptors (Lipinski definition) is 6. The number of benzene rings is 1. The van der Waals surface area contributed by atoms with Crippen LogP contribution < -0.4 is 0 Å². The second-order valence-corrected chi connectivity index (χ2v) is 6.36. The SMILES string of the molecule is CON(C)S(=O)(=O)c1ccc(Cl)c(C(=O)OCC(C)=O)c1. The third kappa shape index (κ3) is 4.24. The van der Waals surface area contributed by atoms with Gasteiger partial charge in [-0.25, -0.2) is 13.2 Å². The molecule has 21 heavy (non-hydrogen) atoms. The molecular formula is C12H14ClNO6S. The molecule has 0 saturated heterocycles. The summed E-state index contributed by atoms with van der Waals surface area (Å²) in [6, 6.07) is 3.55. The summed E-state index contributed by atoms with van der Waals surface area (Å²) in [6.45, 7) is 0.841. The number of esters is 1. The molecule has 0 aliphatic carbocycles. The van der Waals surface area contributed by atoms with Gasteiger partial charge in [-0.3, -0.25) is 9.63 Å². The van der Waals surface area contributed by atoms with Gasteiger partial charge in [0.25, 0.3) is 10.0 Å². The molecule has 116 valence electrons. The summed E-state index contributed by atoms with van der Waals surface area (Å²) in [5, 5.41) is 0.0163. The van der Waals surface area contributed by atoms with Crippen LogP contribution in [-0.2, 0) is 24.4 Å². The van der Waals surface area contributed by atoms with Crippen molar-refractivity contribution in [2.24, 2.45) is 0 Å². The van der Waals surface area contributed by atoms with E-state index < -0.39 is 22.6 Å². The molecule has 0 N–H and O–H groups in total. The molecule has 0 atom stereocenters. The van der Waals surface area contributed by atoms with E-state index >= 15 is 0 Å². The van der Waals surface area contributed by atoms with E-state index in [4.69, 9.17) is 16.3 Å². The number of hydrogen-bond donors (Lipinski definition) is 0. The first-order valence-electron chi connectivity index (χ1n) is 5.69. The van der Waals surface area contributed by atoms with Crippen molar-refractivity contribution in [3.05, 3.63) is 28.8 Å². The molecule has 0 amide bonds. The summed E-state index contributed by atoms with van der Waals surface area (Å²) in [7, 11) is -1.52. The van der Waals surface area contributed by atoms with Crippen molar-refractivity contribution in [2.45, 2.75) is 11.8 Å². The molecule has 0 spiro atoms. The molecule has 1 aromatic carbocycles. The molecule has 0 saturated carbocycles. The van der Waals surface area contributed by atoms with Crippen molar-refractivity contribution in [3.63, 3.8) is 0 Å². The Balaban J connectivity index is 3.17. The van der Waals surface area contributed by atoms with Crippen molar-refractivity contribution in [3.8, 4) is 0 Å². The van der Waals surface area contributed by atoms with Crippen LogP contribution in [0.1, 0.15) is 17.3 Å². The number of halogens is 1. The van der Waals surface area contributed by atoms with E-state index in [1.807, 2.05) is 0 Å². The van der Waals surface area contributed by atoms with Crippen molar-refractivity contribution in [2.75, 3.05) is 20.8 Å². The molecule has 0 aliphatic heterocycles. The smallest absolute Gasteiger partial charge is 0.340 e. The molecule has 0 fully saturated rings. The summed E-state index contributed by atoms with van der Waals surface area (Å²) in [6.07, 6.45) is 0. The van der Waals surface area contributed by atoms with Gasteiger partial charge in [-0.15, -0.1) is 0 Å². The van der Waals surface area contributed by atoms with Gasteiger partial charge in [0.15, 0.2) is 5.78 Å². The molecule has 1 aromatic rings. The lowest BCUT2D eigenvalue weighted by Gasteiger charge is -2.15. The van der Waals surface area contributed by atoms with Crippen LogP contribution in [-0.4, -0.2) is 45.4 Å². The van der Waals surface area contributed by atoms with Crippen LogP contribution >= 0.6 is 11.6 Å². The lowest BCUT2D eigenvalue weighted by Crippen LogP contribution is -2.26. The predicted octanol–water partition coefficient (Wildman–Crippen LogP) is 1.27. The number of Topliss-reactive ketones (excluding diaryl/α,β-unsaturated/α-hetero) is 1. The van der Waals surface area contributed by atoms with E-state index in [2.05, 4.69) is 4.84 Å². The van der Waals surface area contributed by atoms with E-state index in [-0.39, 0.29) is 21.3 Å². The second kappa shape index (κ2) is 6.99. The van der Waals surface area contributed by atoms with Gasteiger partial charge in [-0.1, -0.05) is 16.1 Å². The van der Waals surface area contributed by atoms with Crippen LogP contribution in [0.15, 0.2) is 23.1 Å². The summed E-state index contributed by atoms with van der Waals surface area (Å²) in [5.74, 6) is -1.23. The Morgan fingerprint density at radius 2 is 1.95 bits per heavy atom. The fourth-order valence-corrected chi connectivity index (χ4v) is 2.51. The number of hydroxylamine groups is 1. The van der Waals surface area contributed by atoms with Crippen LogP contribution in [0.4, 0.5) is 0 Å². The van der Waals surface area contributed by atoms with Gasteiger partial charge in [-0.2, -0.15) is 0 Å². The van der Waals surface area contributed by atoms with Crippen LogP contribution in [0.3, 0.4) is 0 Å². The summed E-state index contributed by atoms with van der Waals surface area (Å²) in [5.41, 5.74) is -0.150. The minimum Gasteiger partial charge on any atom is -0.454 e. The number of carbonyl (C=O) groups excluding carboxylic acids is 2. The third-order valence-corrected chi connectivity index (χ3v) is 4.46. The van der Waals surface area contributed by atoms with E-state index in [0.717, 1.165) is 6.07 Å². The normalized spacial score (nSPS) is 11.5. The molecule has 7 nitrogen and oxygen atoms in total. The number of rotatable bonds is 6. The minimum atomic E-state index is -3.92. The standard InChI is InChI=1S/C12H14ClNO6S/c1-8(15)7-20-12(16)10-6-9(4-5-11(10)13)21(17,18)14(2)19-3/h4-6H,7H2,1-3H3. The zero-order valence-corrected chi connectivity index (χ0v) is 13.2. The zero-order chi connectivity index (χ0) is 16.2. The first kappa shape index (κ1) is 17.6. The molecule has 0 radical (unpaired) electrons. The highest BCUT2D eigenvalue weighted by atomic mass is 35.5. The lowest BCUT2D eigenvalue weighted by molar-refractivity contribution is -0.120. The minimum absolute atomic E-state index is 0.0163. The maximum atomic E-state index is 12.1. The molecule has 0 heterocycles. The number of sulfonamides is 1. The Morgan fingerprint density at radius 1 is 1.33 bits per heavy atom. The topological polar surface area (TPSA) is 90.0 Å². The molecule has 0 aliphatic rings. The monoisotopic (exact) mass is 335 g/mol. The summed E-state index contributed by atoms with van der Waals surface area (Å²) < 4.78 is 29.5. The number of ketones is 1. The first-order chi connectivity index (χ1) is 9.70. The number of carbonyl (C=O) groups is 2. The largest absolute Gasteiger partial charge is 0.454 e. The average Bonchev–Trinajstić information content (AvgIpc) is 2.43. The molecular weight excluding hydrogens is 322 g/mol. The van der Waals surface area contributed by atoms with Gasteiger partial charge in [0, 0.05) is 7.05 Å². The Morgan fingerprint density at radius 3 is 2.48 bits per heavy atom. The maximum absolute atomic E-state index is 12.1. The maximum Gasteiger partial charge on any atom is 0.340 e. The van der Waals surface area contributed by atoms with Crippen molar-refractivity contribution in [1.29, 1.82) is 0 Å². The Kier molecular flexibility index (Phi) is 5.85. The van der Waals surface area contributed by atoms with E-state index in [1.54, 1.807) is 0 Å². The highest BCUT2D eigenvalue weighted by Crippen LogP contribution is 2.23. The summed E-state index contributed by atoms with van der Waals surface area (Å²) >= 11 is 5.84. The lowest BCUT2D eigenvalue weighted by atomic mass is 10.2. The van der Waals surface area contributed by atoms with Gasteiger partial charge in [-0.05, 0) is 25.1 Å². The molecule has 0 unspecified atom stereocenters. The first-order valence-corrected chi connectivity index (χ1v) is 7.51. The van der Waals surface area contributed by atoms with Crippen LogP contribution in [0, 0.1) is 0 Å².